The lowest BCUT2D eigenvalue weighted by molar-refractivity contribution is -0.123. The number of hydrogen-bond donors (Lipinski definition) is 1. The number of hydrogen-bond acceptors (Lipinski definition) is 5. The number of aromatic hydroxyl groups is 1. The number of phenolic OH excluding ortho intramolecular Hbond substituents is 1. The zero-order valence-corrected chi connectivity index (χ0v) is 14.7. The van der Waals surface area contributed by atoms with E-state index in [0.29, 0.717) is 16.2 Å². The van der Waals surface area contributed by atoms with Gasteiger partial charge in [-0.2, -0.15) is 0 Å². The Kier molecular flexibility index (Phi) is 4.81. The molecule has 25 heavy (non-hydrogen) atoms. The molecule has 128 valence electrons. The summed E-state index contributed by atoms with van der Waals surface area (Å²) in [5.41, 5.74) is 2.70. The molecule has 2 aromatic carbocycles. The topological polar surface area (TPSA) is 66.8 Å². The molecule has 1 N–H and O–H groups in total. The Morgan fingerprint density at radius 1 is 1.16 bits per heavy atom. The molecule has 0 saturated carbocycles. The highest BCUT2D eigenvalue weighted by molar-refractivity contribution is 8.18. The molecule has 5 nitrogen and oxygen atoms in total. The third-order valence-electron chi connectivity index (χ3n) is 3.84. The minimum Gasteiger partial charge on any atom is -0.504 e. The minimum atomic E-state index is -0.317. The maximum absolute atomic E-state index is 12.5. The molecule has 1 aliphatic rings. The van der Waals surface area contributed by atoms with Crippen LogP contribution < -0.4 is 4.74 Å². The fraction of sp³-hybridized carbons (Fsp3) is 0.158. The van der Waals surface area contributed by atoms with E-state index in [1.165, 1.54) is 18.1 Å². The van der Waals surface area contributed by atoms with Crippen LogP contribution in [0.25, 0.3) is 6.08 Å². The number of nitrogens with zero attached hydrogens (tertiary/aromatic N) is 1. The van der Waals surface area contributed by atoms with Crippen molar-refractivity contribution in [3.05, 3.63) is 64.1 Å². The standard InChI is InChI=1S/C19H17NO4S/c1-12-3-5-13(6-4-12)11-20-18(22)17(25-19(20)23)10-14-7-8-15(21)16(9-14)24-2/h3-10,21H,11H2,1-2H3/b17-10-. The third kappa shape index (κ3) is 3.69. The summed E-state index contributed by atoms with van der Waals surface area (Å²) in [5.74, 6) is 0.0161. The predicted molar refractivity (Wildman–Crippen MR) is 97.4 cm³/mol. The second-order valence-corrected chi connectivity index (χ2v) is 6.68. The molecule has 1 heterocycles. The first-order valence-corrected chi connectivity index (χ1v) is 8.47. The SMILES string of the molecule is COc1cc(/C=C2\SC(=O)N(Cc3ccc(C)cc3)C2=O)ccc1O. The van der Waals surface area contributed by atoms with Crippen molar-refractivity contribution in [2.45, 2.75) is 13.5 Å². The van der Waals surface area contributed by atoms with Gasteiger partial charge in [-0.15, -0.1) is 0 Å². The van der Waals surface area contributed by atoms with E-state index in [0.717, 1.165) is 22.9 Å². The zero-order chi connectivity index (χ0) is 18.0. The summed E-state index contributed by atoms with van der Waals surface area (Å²) in [6, 6.07) is 12.5. The van der Waals surface area contributed by atoms with Crippen LogP contribution in [0.15, 0.2) is 47.4 Å². The van der Waals surface area contributed by atoms with Crippen molar-refractivity contribution in [2.24, 2.45) is 0 Å². The number of aryl methyl sites for hydroxylation is 1. The van der Waals surface area contributed by atoms with Crippen molar-refractivity contribution in [2.75, 3.05) is 7.11 Å². The van der Waals surface area contributed by atoms with E-state index in [9.17, 15) is 14.7 Å². The summed E-state index contributed by atoms with van der Waals surface area (Å²) in [6.45, 7) is 2.24. The van der Waals surface area contributed by atoms with Crippen LogP contribution in [0, 0.1) is 6.92 Å². The summed E-state index contributed by atoms with van der Waals surface area (Å²) < 4.78 is 5.06. The van der Waals surface area contributed by atoms with E-state index in [2.05, 4.69) is 0 Å². The molecule has 0 bridgehead atoms. The van der Waals surface area contributed by atoms with Gasteiger partial charge in [-0.3, -0.25) is 14.5 Å². The number of thioether (sulfide) groups is 1. The number of amides is 2. The second-order valence-electron chi connectivity index (χ2n) is 5.68. The first-order valence-electron chi connectivity index (χ1n) is 7.66. The van der Waals surface area contributed by atoms with Gasteiger partial charge in [0.25, 0.3) is 11.1 Å². The fourth-order valence-corrected chi connectivity index (χ4v) is 3.29. The predicted octanol–water partition coefficient (Wildman–Crippen LogP) is 3.95. The molecule has 3 rings (SSSR count). The van der Waals surface area contributed by atoms with Crippen LogP contribution >= 0.6 is 11.8 Å². The Morgan fingerprint density at radius 2 is 1.88 bits per heavy atom. The molecular weight excluding hydrogens is 338 g/mol. The Hall–Kier alpha value is -2.73. The van der Waals surface area contributed by atoms with Gasteiger partial charge < -0.3 is 9.84 Å². The molecule has 1 fully saturated rings. The minimum absolute atomic E-state index is 0.0205. The number of ether oxygens (including phenoxy) is 1. The van der Waals surface area contributed by atoms with E-state index in [1.54, 1.807) is 18.2 Å². The van der Waals surface area contributed by atoms with Crippen molar-refractivity contribution in [1.29, 1.82) is 0 Å². The molecule has 1 saturated heterocycles. The molecule has 2 aromatic rings. The largest absolute Gasteiger partial charge is 0.504 e. The number of phenols is 1. The summed E-state index contributed by atoms with van der Waals surface area (Å²) in [5, 5.41) is 9.35. The monoisotopic (exact) mass is 355 g/mol. The number of benzene rings is 2. The molecule has 2 amide bonds. The van der Waals surface area contributed by atoms with Crippen LogP contribution in [-0.4, -0.2) is 28.3 Å². The van der Waals surface area contributed by atoms with Crippen LogP contribution in [0.1, 0.15) is 16.7 Å². The molecule has 0 unspecified atom stereocenters. The van der Waals surface area contributed by atoms with Crippen LogP contribution in [0.5, 0.6) is 11.5 Å². The molecular formula is C19H17NO4S. The molecule has 6 heteroatoms. The van der Waals surface area contributed by atoms with Gasteiger partial charge in [0.15, 0.2) is 11.5 Å². The normalized spacial score (nSPS) is 15.9. The first kappa shape index (κ1) is 17.1. The van der Waals surface area contributed by atoms with Gasteiger partial charge in [0.05, 0.1) is 18.6 Å². The second kappa shape index (κ2) is 7.03. The van der Waals surface area contributed by atoms with Crippen molar-refractivity contribution in [3.8, 4) is 11.5 Å². The average Bonchev–Trinajstić information content (AvgIpc) is 2.86. The lowest BCUT2D eigenvalue weighted by Gasteiger charge is -2.12. The fourth-order valence-electron chi connectivity index (χ4n) is 2.45. The van der Waals surface area contributed by atoms with Crippen molar-refractivity contribution < 1.29 is 19.4 Å². The van der Waals surface area contributed by atoms with E-state index >= 15 is 0 Å². The number of carbonyl (C=O) groups excluding carboxylic acids is 2. The number of imide groups is 1. The Labute approximate surface area is 149 Å². The van der Waals surface area contributed by atoms with Gasteiger partial charge in [0, 0.05) is 0 Å². The number of carbonyl (C=O) groups is 2. The number of methoxy groups -OCH3 is 1. The van der Waals surface area contributed by atoms with E-state index in [1.807, 2.05) is 31.2 Å². The van der Waals surface area contributed by atoms with Crippen LogP contribution in [0.4, 0.5) is 4.79 Å². The van der Waals surface area contributed by atoms with Crippen molar-refractivity contribution in [1.82, 2.24) is 4.90 Å². The van der Waals surface area contributed by atoms with Gasteiger partial charge in [-0.25, -0.2) is 0 Å². The van der Waals surface area contributed by atoms with E-state index in [-0.39, 0.29) is 23.4 Å². The number of rotatable bonds is 4. The molecule has 0 atom stereocenters. The molecule has 0 spiro atoms. The van der Waals surface area contributed by atoms with E-state index in [4.69, 9.17) is 4.74 Å². The van der Waals surface area contributed by atoms with Gasteiger partial charge in [0.1, 0.15) is 0 Å². The van der Waals surface area contributed by atoms with Crippen LogP contribution in [0.2, 0.25) is 0 Å². The van der Waals surface area contributed by atoms with Crippen LogP contribution in [-0.2, 0) is 11.3 Å². The lowest BCUT2D eigenvalue weighted by Crippen LogP contribution is -2.27. The first-order chi connectivity index (χ1) is 12.0. The van der Waals surface area contributed by atoms with Gasteiger partial charge in [0.2, 0.25) is 0 Å². The van der Waals surface area contributed by atoms with Crippen LogP contribution in [0.3, 0.4) is 0 Å². The third-order valence-corrected chi connectivity index (χ3v) is 4.74. The summed E-state index contributed by atoms with van der Waals surface area (Å²) in [6.07, 6.45) is 1.63. The van der Waals surface area contributed by atoms with Gasteiger partial charge in [-0.1, -0.05) is 35.9 Å². The van der Waals surface area contributed by atoms with Crippen molar-refractivity contribution in [3.63, 3.8) is 0 Å². The Bertz CT molecular complexity index is 858. The Balaban J connectivity index is 1.82. The van der Waals surface area contributed by atoms with Crippen molar-refractivity contribution >= 4 is 29.0 Å². The van der Waals surface area contributed by atoms with E-state index < -0.39 is 0 Å². The highest BCUT2D eigenvalue weighted by atomic mass is 32.2. The maximum atomic E-state index is 12.5. The highest BCUT2D eigenvalue weighted by Gasteiger charge is 2.34. The summed E-state index contributed by atoms with van der Waals surface area (Å²) >= 11 is 0.912. The molecule has 0 radical (unpaired) electrons. The molecule has 0 aliphatic carbocycles. The molecule has 1 aliphatic heterocycles. The Morgan fingerprint density at radius 3 is 2.56 bits per heavy atom. The summed E-state index contributed by atoms with van der Waals surface area (Å²) in [4.78, 5) is 26.3. The maximum Gasteiger partial charge on any atom is 0.293 e. The van der Waals surface area contributed by atoms with Gasteiger partial charge in [-0.05, 0) is 48.0 Å². The highest BCUT2D eigenvalue weighted by Crippen LogP contribution is 2.34. The molecule has 0 aromatic heterocycles. The average molecular weight is 355 g/mol. The quantitative estimate of drug-likeness (QED) is 0.841. The smallest absolute Gasteiger partial charge is 0.293 e. The van der Waals surface area contributed by atoms with Gasteiger partial charge >= 0.3 is 0 Å². The zero-order valence-electron chi connectivity index (χ0n) is 13.9. The lowest BCUT2D eigenvalue weighted by atomic mass is 10.1. The summed E-state index contributed by atoms with van der Waals surface area (Å²) in [7, 11) is 1.45.